The van der Waals surface area contributed by atoms with E-state index >= 15 is 0 Å². The molecule has 0 aliphatic heterocycles. The minimum absolute atomic E-state index is 0.131. The van der Waals surface area contributed by atoms with Crippen LogP contribution in [0.5, 0.6) is 5.75 Å². The zero-order valence-corrected chi connectivity index (χ0v) is 16.4. The highest BCUT2D eigenvalue weighted by atomic mass is 16.5. The van der Waals surface area contributed by atoms with Gasteiger partial charge in [0.05, 0.1) is 7.11 Å². The molecule has 0 unspecified atom stereocenters. The van der Waals surface area contributed by atoms with Crippen LogP contribution in [0.1, 0.15) is 20.8 Å². The molecule has 0 radical (unpaired) electrons. The van der Waals surface area contributed by atoms with Gasteiger partial charge in [0.25, 0.3) is 11.8 Å². The van der Waals surface area contributed by atoms with Gasteiger partial charge in [-0.3, -0.25) is 14.6 Å². The molecule has 0 aliphatic carbocycles. The van der Waals surface area contributed by atoms with Gasteiger partial charge >= 0.3 is 5.63 Å². The maximum Gasteiger partial charge on any atom is 0.349 e. The molecule has 0 bridgehead atoms. The average Bonchev–Trinajstić information content (AvgIpc) is 2.80. The number of nitrogens with zero attached hydrogens (tertiary/aromatic N) is 1. The Morgan fingerprint density at radius 2 is 1.61 bits per heavy atom. The van der Waals surface area contributed by atoms with Crippen molar-refractivity contribution in [2.75, 3.05) is 17.7 Å². The second-order valence-corrected chi connectivity index (χ2v) is 6.53. The molecule has 8 nitrogen and oxygen atoms in total. The van der Waals surface area contributed by atoms with Crippen molar-refractivity contribution in [3.05, 3.63) is 94.6 Å². The van der Waals surface area contributed by atoms with E-state index in [0.717, 1.165) is 0 Å². The first-order valence-electron chi connectivity index (χ1n) is 9.30. The van der Waals surface area contributed by atoms with Gasteiger partial charge in [0.2, 0.25) is 0 Å². The fourth-order valence-electron chi connectivity index (χ4n) is 2.96. The molecule has 2 aromatic heterocycles. The number of amides is 2. The van der Waals surface area contributed by atoms with Gasteiger partial charge in [-0.25, -0.2) is 4.79 Å². The van der Waals surface area contributed by atoms with Crippen LogP contribution in [0, 0.1) is 0 Å². The predicted octanol–water partition coefficient (Wildman–Crippen LogP) is 3.70. The minimum Gasteiger partial charge on any atom is -0.493 e. The largest absolute Gasteiger partial charge is 0.493 e. The topological polar surface area (TPSA) is 111 Å². The lowest BCUT2D eigenvalue weighted by Crippen LogP contribution is -2.20. The Kier molecular flexibility index (Phi) is 5.44. The SMILES string of the molecule is COc1cccc2cc(C(=O)Nc3ccc(NC(=O)c4ccccn4)cc3)c(=O)oc12. The number of rotatable bonds is 5. The molecule has 2 heterocycles. The van der Waals surface area contributed by atoms with Gasteiger partial charge in [-0.2, -0.15) is 0 Å². The Hall–Kier alpha value is -4.46. The van der Waals surface area contributed by atoms with Crippen LogP contribution in [-0.2, 0) is 0 Å². The molecule has 31 heavy (non-hydrogen) atoms. The van der Waals surface area contributed by atoms with E-state index in [1.165, 1.54) is 19.4 Å². The fraction of sp³-hybridized carbons (Fsp3) is 0.0435. The average molecular weight is 415 g/mol. The van der Waals surface area contributed by atoms with Crippen LogP contribution < -0.4 is 21.0 Å². The fourth-order valence-corrected chi connectivity index (χ4v) is 2.96. The van der Waals surface area contributed by atoms with E-state index in [1.807, 2.05) is 0 Å². The summed E-state index contributed by atoms with van der Waals surface area (Å²) in [7, 11) is 1.47. The number of aromatic nitrogens is 1. The van der Waals surface area contributed by atoms with Crippen LogP contribution >= 0.6 is 0 Å². The van der Waals surface area contributed by atoms with E-state index in [1.54, 1.807) is 60.7 Å². The molecule has 2 aromatic carbocycles. The molecule has 4 rings (SSSR count). The third-order valence-corrected chi connectivity index (χ3v) is 4.49. The van der Waals surface area contributed by atoms with E-state index in [9.17, 15) is 14.4 Å². The number of nitrogens with one attached hydrogen (secondary N) is 2. The number of anilines is 2. The summed E-state index contributed by atoms with van der Waals surface area (Å²) >= 11 is 0. The Labute approximate surface area is 176 Å². The standard InChI is InChI=1S/C23H17N3O5/c1-30-19-7-4-5-14-13-17(23(29)31-20(14)19)21(27)25-15-8-10-16(11-9-15)26-22(28)18-6-2-3-12-24-18/h2-13H,1H3,(H,25,27)(H,26,28). The summed E-state index contributed by atoms with van der Waals surface area (Å²) in [6, 6.07) is 18.1. The number of carbonyl (C=O) groups is 2. The quantitative estimate of drug-likeness (QED) is 0.481. The van der Waals surface area contributed by atoms with Gasteiger partial charge in [-0.05, 0) is 48.5 Å². The second kappa shape index (κ2) is 8.50. The second-order valence-electron chi connectivity index (χ2n) is 6.53. The third-order valence-electron chi connectivity index (χ3n) is 4.49. The minimum atomic E-state index is -0.770. The first kappa shape index (κ1) is 19.8. The maximum atomic E-state index is 12.6. The van der Waals surface area contributed by atoms with Gasteiger partial charge in [-0.15, -0.1) is 0 Å². The monoisotopic (exact) mass is 415 g/mol. The van der Waals surface area contributed by atoms with E-state index in [-0.39, 0.29) is 17.1 Å². The van der Waals surface area contributed by atoms with Gasteiger partial charge in [0.15, 0.2) is 11.3 Å². The van der Waals surface area contributed by atoms with E-state index < -0.39 is 11.5 Å². The van der Waals surface area contributed by atoms with Crippen molar-refractivity contribution >= 4 is 34.2 Å². The van der Waals surface area contributed by atoms with Crippen molar-refractivity contribution in [2.24, 2.45) is 0 Å². The van der Waals surface area contributed by atoms with Crippen LogP contribution in [0.25, 0.3) is 11.0 Å². The first-order chi connectivity index (χ1) is 15.0. The summed E-state index contributed by atoms with van der Waals surface area (Å²) in [5, 5.41) is 5.94. The molecule has 0 spiro atoms. The Bertz CT molecular complexity index is 1310. The molecular formula is C23H17N3O5. The Balaban J connectivity index is 1.49. The molecular weight excluding hydrogens is 398 g/mol. The summed E-state index contributed by atoms with van der Waals surface area (Å²) in [6.45, 7) is 0. The van der Waals surface area contributed by atoms with Gasteiger partial charge in [-0.1, -0.05) is 18.2 Å². The number of fused-ring (bicyclic) bond motifs is 1. The highest BCUT2D eigenvalue weighted by Crippen LogP contribution is 2.24. The third kappa shape index (κ3) is 4.27. The number of ether oxygens (including phenoxy) is 1. The molecule has 0 aliphatic rings. The maximum absolute atomic E-state index is 12.6. The molecule has 0 saturated carbocycles. The molecule has 8 heteroatoms. The number of hydrogen-bond acceptors (Lipinski definition) is 6. The summed E-state index contributed by atoms with van der Waals surface area (Å²) in [5.41, 5.74) is 0.651. The number of pyridine rings is 1. The molecule has 4 aromatic rings. The molecule has 2 amide bonds. The van der Waals surface area contributed by atoms with Crippen molar-refractivity contribution in [3.8, 4) is 5.75 Å². The van der Waals surface area contributed by atoms with Crippen LogP contribution in [-0.4, -0.2) is 23.9 Å². The Morgan fingerprint density at radius 3 is 2.26 bits per heavy atom. The zero-order valence-electron chi connectivity index (χ0n) is 16.4. The van der Waals surface area contributed by atoms with Crippen molar-refractivity contribution in [2.45, 2.75) is 0 Å². The summed E-state index contributed by atoms with van der Waals surface area (Å²) < 4.78 is 10.5. The number of carbonyl (C=O) groups excluding carboxylic acids is 2. The normalized spacial score (nSPS) is 10.5. The smallest absolute Gasteiger partial charge is 0.349 e. The van der Waals surface area contributed by atoms with E-state index in [4.69, 9.17) is 9.15 Å². The number of methoxy groups -OCH3 is 1. The van der Waals surface area contributed by atoms with Gasteiger partial charge in [0, 0.05) is 23.0 Å². The summed E-state index contributed by atoms with van der Waals surface area (Å²) in [6.07, 6.45) is 1.53. The van der Waals surface area contributed by atoms with Crippen molar-refractivity contribution in [3.63, 3.8) is 0 Å². The lowest BCUT2D eigenvalue weighted by Gasteiger charge is -2.08. The predicted molar refractivity (Wildman–Crippen MR) is 116 cm³/mol. The Morgan fingerprint density at radius 1 is 0.903 bits per heavy atom. The van der Waals surface area contributed by atoms with Crippen LogP contribution in [0.3, 0.4) is 0 Å². The van der Waals surface area contributed by atoms with Crippen LogP contribution in [0.15, 0.2) is 82.1 Å². The van der Waals surface area contributed by atoms with Crippen LogP contribution in [0.2, 0.25) is 0 Å². The first-order valence-corrected chi connectivity index (χ1v) is 9.30. The van der Waals surface area contributed by atoms with Crippen molar-refractivity contribution in [1.29, 1.82) is 0 Å². The van der Waals surface area contributed by atoms with E-state index in [2.05, 4.69) is 15.6 Å². The number of hydrogen-bond donors (Lipinski definition) is 2. The lowest BCUT2D eigenvalue weighted by atomic mass is 10.1. The van der Waals surface area contributed by atoms with Crippen LogP contribution in [0.4, 0.5) is 11.4 Å². The highest BCUT2D eigenvalue weighted by Gasteiger charge is 2.16. The van der Waals surface area contributed by atoms with Crippen molar-refractivity contribution in [1.82, 2.24) is 4.98 Å². The number of para-hydroxylation sites is 1. The molecule has 154 valence electrons. The van der Waals surface area contributed by atoms with Crippen molar-refractivity contribution < 1.29 is 18.7 Å². The summed E-state index contributed by atoms with van der Waals surface area (Å²) in [4.78, 5) is 41.1. The lowest BCUT2D eigenvalue weighted by molar-refractivity contribution is 0.101. The number of benzene rings is 2. The molecule has 0 atom stereocenters. The molecule has 0 fully saturated rings. The van der Waals surface area contributed by atoms with Gasteiger partial charge < -0.3 is 19.8 Å². The molecule has 0 saturated heterocycles. The summed E-state index contributed by atoms with van der Waals surface area (Å²) in [5.74, 6) is -0.546. The molecule has 2 N–H and O–H groups in total. The zero-order chi connectivity index (χ0) is 21.8. The van der Waals surface area contributed by atoms with Gasteiger partial charge in [0.1, 0.15) is 11.3 Å². The van der Waals surface area contributed by atoms with E-state index in [0.29, 0.717) is 28.2 Å². The highest BCUT2D eigenvalue weighted by molar-refractivity contribution is 6.06.